The van der Waals surface area contributed by atoms with Crippen LogP contribution in [0.3, 0.4) is 0 Å². The Hall–Kier alpha value is -1.85. The number of methoxy groups -OCH3 is 2. The van der Waals surface area contributed by atoms with Crippen molar-refractivity contribution in [1.82, 2.24) is 9.88 Å². The highest BCUT2D eigenvalue weighted by molar-refractivity contribution is 5.91. The monoisotopic (exact) mass is 398 g/mol. The third-order valence-corrected chi connectivity index (χ3v) is 7.37. The number of aromatic amines is 1. The summed E-state index contributed by atoms with van der Waals surface area (Å²) >= 11 is 0. The molecule has 2 aliphatic rings. The van der Waals surface area contributed by atoms with Crippen LogP contribution in [0.25, 0.3) is 10.9 Å². The van der Waals surface area contributed by atoms with Crippen molar-refractivity contribution in [3.8, 4) is 0 Å². The summed E-state index contributed by atoms with van der Waals surface area (Å²) in [6.45, 7) is 7.34. The van der Waals surface area contributed by atoms with Crippen molar-refractivity contribution >= 4 is 16.9 Å². The molecule has 4 rings (SSSR count). The summed E-state index contributed by atoms with van der Waals surface area (Å²) in [4.78, 5) is 19.6. The molecule has 5 nitrogen and oxygen atoms in total. The molecule has 0 amide bonds. The number of carbonyl (C=O) groups is 1. The van der Waals surface area contributed by atoms with E-state index in [9.17, 15) is 4.79 Å². The first kappa shape index (κ1) is 20.4. The van der Waals surface area contributed by atoms with Gasteiger partial charge in [0, 0.05) is 49.4 Å². The average molecular weight is 399 g/mol. The van der Waals surface area contributed by atoms with E-state index in [1.54, 1.807) is 7.11 Å². The fourth-order valence-corrected chi connectivity index (χ4v) is 5.89. The number of para-hydroxylation sites is 1. The van der Waals surface area contributed by atoms with Crippen LogP contribution in [0.1, 0.15) is 44.4 Å². The molecular weight excluding hydrogens is 364 g/mol. The van der Waals surface area contributed by atoms with Gasteiger partial charge in [0.25, 0.3) is 0 Å². The van der Waals surface area contributed by atoms with Gasteiger partial charge in [-0.2, -0.15) is 0 Å². The standard InChI is InChI=1S/C24H34N2O3/c1-16(10-12-28-3)13-18-14-24(23(27)29-4)17(2)26(15-18)11-9-20-19-7-5-6-8-21(19)25-22(20)24/h5-8,16-18,25H,9-15H2,1-4H3. The number of ether oxygens (including phenoxy) is 2. The molecule has 1 N–H and O–H groups in total. The maximum absolute atomic E-state index is 13.4. The maximum Gasteiger partial charge on any atom is 0.319 e. The third kappa shape index (κ3) is 3.38. The number of hydrogen-bond donors (Lipinski definition) is 1. The first-order valence-electron chi connectivity index (χ1n) is 10.9. The normalized spacial score (nSPS) is 29.9. The van der Waals surface area contributed by atoms with Crippen molar-refractivity contribution in [2.45, 2.75) is 51.0 Å². The van der Waals surface area contributed by atoms with Gasteiger partial charge in [0.1, 0.15) is 5.41 Å². The minimum Gasteiger partial charge on any atom is -0.468 e. The fraction of sp³-hybridized carbons (Fsp3) is 0.625. The number of nitrogens with zero attached hydrogens (tertiary/aromatic N) is 1. The summed E-state index contributed by atoms with van der Waals surface area (Å²) < 4.78 is 10.7. The van der Waals surface area contributed by atoms with E-state index in [-0.39, 0.29) is 12.0 Å². The molecule has 0 spiro atoms. The summed E-state index contributed by atoms with van der Waals surface area (Å²) in [6.07, 6.45) is 3.98. The van der Waals surface area contributed by atoms with Gasteiger partial charge in [0.15, 0.2) is 0 Å². The van der Waals surface area contributed by atoms with E-state index in [0.717, 1.165) is 56.6 Å². The van der Waals surface area contributed by atoms with Crippen molar-refractivity contribution in [3.05, 3.63) is 35.5 Å². The van der Waals surface area contributed by atoms with Crippen LogP contribution in [0.15, 0.2) is 24.3 Å². The van der Waals surface area contributed by atoms with Crippen molar-refractivity contribution in [1.29, 1.82) is 0 Å². The van der Waals surface area contributed by atoms with Crippen molar-refractivity contribution in [2.24, 2.45) is 11.8 Å². The molecule has 0 aliphatic carbocycles. The second-order valence-corrected chi connectivity index (χ2v) is 9.10. The smallest absolute Gasteiger partial charge is 0.319 e. The third-order valence-electron chi connectivity index (χ3n) is 7.37. The van der Waals surface area contributed by atoms with Crippen LogP contribution in [0.5, 0.6) is 0 Å². The molecule has 1 aromatic carbocycles. The fourth-order valence-electron chi connectivity index (χ4n) is 5.89. The highest BCUT2D eigenvalue weighted by Crippen LogP contribution is 2.48. The van der Waals surface area contributed by atoms with Crippen molar-refractivity contribution in [3.63, 3.8) is 0 Å². The van der Waals surface area contributed by atoms with Crippen molar-refractivity contribution in [2.75, 3.05) is 33.9 Å². The Morgan fingerprint density at radius 3 is 2.90 bits per heavy atom. The lowest BCUT2D eigenvalue weighted by Crippen LogP contribution is -2.59. The lowest BCUT2D eigenvalue weighted by molar-refractivity contribution is -0.154. The molecule has 1 aromatic heterocycles. The minimum atomic E-state index is -0.635. The van der Waals surface area contributed by atoms with Gasteiger partial charge in [-0.05, 0) is 56.1 Å². The molecule has 0 radical (unpaired) electrons. The molecule has 2 aromatic rings. The molecule has 1 saturated heterocycles. The lowest BCUT2D eigenvalue weighted by atomic mass is 9.66. The molecule has 2 bridgehead atoms. The highest BCUT2D eigenvalue weighted by Gasteiger charge is 2.56. The van der Waals surface area contributed by atoms with Crippen molar-refractivity contribution < 1.29 is 14.3 Å². The Bertz CT molecular complexity index is 876. The Morgan fingerprint density at radius 2 is 2.14 bits per heavy atom. The summed E-state index contributed by atoms with van der Waals surface area (Å²) in [5.74, 6) is 0.946. The molecule has 0 saturated carbocycles. The molecule has 5 unspecified atom stereocenters. The Kier molecular flexibility index (Phi) is 5.71. The SMILES string of the molecule is COCCC(C)CC1CN2CCc3c([nH]c4ccccc34)C(C(=O)OC)(C1)C2C. The topological polar surface area (TPSA) is 54.6 Å². The zero-order valence-corrected chi connectivity index (χ0v) is 18.2. The first-order chi connectivity index (χ1) is 14.0. The van der Waals surface area contributed by atoms with E-state index in [4.69, 9.17) is 9.47 Å². The van der Waals surface area contributed by atoms with Crippen LogP contribution in [0.4, 0.5) is 0 Å². The predicted octanol–water partition coefficient (Wildman–Crippen LogP) is 3.91. The van der Waals surface area contributed by atoms with E-state index >= 15 is 0 Å². The van der Waals surface area contributed by atoms with Gasteiger partial charge in [0.2, 0.25) is 0 Å². The quantitative estimate of drug-likeness (QED) is 0.750. The summed E-state index contributed by atoms with van der Waals surface area (Å²) in [5, 5.41) is 1.25. The van der Waals surface area contributed by atoms with Crippen LogP contribution in [0, 0.1) is 11.8 Å². The van der Waals surface area contributed by atoms with Gasteiger partial charge in [-0.1, -0.05) is 25.1 Å². The highest BCUT2D eigenvalue weighted by atomic mass is 16.5. The first-order valence-corrected chi connectivity index (χ1v) is 10.9. The molecule has 5 atom stereocenters. The number of aromatic nitrogens is 1. The van der Waals surface area contributed by atoms with Crippen LogP contribution >= 0.6 is 0 Å². The Balaban J connectivity index is 1.77. The number of nitrogens with one attached hydrogen (secondary N) is 1. The maximum atomic E-state index is 13.4. The largest absolute Gasteiger partial charge is 0.468 e. The molecular formula is C24H34N2O3. The van der Waals surface area contributed by atoms with Gasteiger partial charge >= 0.3 is 5.97 Å². The summed E-state index contributed by atoms with van der Waals surface area (Å²) in [6, 6.07) is 8.55. The van der Waals surface area contributed by atoms with E-state index in [2.05, 4.69) is 48.0 Å². The second-order valence-electron chi connectivity index (χ2n) is 9.10. The molecule has 2 aliphatic heterocycles. The summed E-state index contributed by atoms with van der Waals surface area (Å²) in [5.41, 5.74) is 2.88. The van der Waals surface area contributed by atoms with Crippen LogP contribution in [-0.4, -0.2) is 55.8 Å². The lowest BCUT2D eigenvalue weighted by Gasteiger charge is -2.48. The number of H-pyrrole nitrogens is 1. The second kappa shape index (κ2) is 8.11. The Morgan fingerprint density at radius 1 is 1.34 bits per heavy atom. The number of esters is 1. The number of piperidine rings is 1. The number of fused-ring (bicyclic) bond motifs is 6. The van der Waals surface area contributed by atoms with Crippen LogP contribution < -0.4 is 0 Å². The van der Waals surface area contributed by atoms with Gasteiger partial charge in [0.05, 0.1) is 7.11 Å². The Labute approximate surface area is 173 Å². The number of carbonyl (C=O) groups excluding carboxylic acids is 1. The van der Waals surface area contributed by atoms with Gasteiger partial charge in [-0.3, -0.25) is 9.69 Å². The van der Waals surface area contributed by atoms with Gasteiger partial charge in [-0.25, -0.2) is 0 Å². The van der Waals surface area contributed by atoms with Gasteiger partial charge in [-0.15, -0.1) is 0 Å². The molecule has 5 heteroatoms. The predicted molar refractivity (Wildman–Crippen MR) is 115 cm³/mol. The van der Waals surface area contributed by atoms with E-state index in [1.165, 1.54) is 18.1 Å². The van der Waals surface area contributed by atoms with E-state index in [1.807, 2.05) is 0 Å². The zero-order valence-electron chi connectivity index (χ0n) is 18.2. The number of hydrogen-bond acceptors (Lipinski definition) is 4. The zero-order chi connectivity index (χ0) is 20.6. The molecule has 3 heterocycles. The minimum absolute atomic E-state index is 0.0982. The summed E-state index contributed by atoms with van der Waals surface area (Å²) in [7, 11) is 3.30. The van der Waals surface area contributed by atoms with Gasteiger partial charge < -0.3 is 14.5 Å². The molecule has 158 valence electrons. The van der Waals surface area contributed by atoms with E-state index < -0.39 is 5.41 Å². The molecule has 29 heavy (non-hydrogen) atoms. The average Bonchev–Trinajstić information content (AvgIpc) is 3.08. The van der Waals surface area contributed by atoms with E-state index in [0.29, 0.717) is 11.8 Å². The number of rotatable bonds is 6. The molecule has 1 fully saturated rings. The number of benzene rings is 1. The van der Waals surface area contributed by atoms with Crippen LogP contribution in [0.2, 0.25) is 0 Å². The van der Waals surface area contributed by atoms with Crippen LogP contribution in [-0.2, 0) is 26.1 Å².